The lowest BCUT2D eigenvalue weighted by Crippen LogP contribution is -2.05. The Morgan fingerprint density at radius 2 is 1.90 bits per heavy atom. The first kappa shape index (κ1) is 12.2. The number of benzene rings is 1. The van der Waals surface area contributed by atoms with Gasteiger partial charge < -0.3 is 16.8 Å². The van der Waals surface area contributed by atoms with Crippen molar-refractivity contribution in [1.82, 2.24) is 15.0 Å². The minimum absolute atomic E-state index is 0.439. The summed E-state index contributed by atoms with van der Waals surface area (Å²) in [6, 6.07) is 9.43. The van der Waals surface area contributed by atoms with Crippen molar-refractivity contribution in [2.24, 2.45) is 0 Å². The van der Waals surface area contributed by atoms with Crippen molar-refractivity contribution in [3.8, 4) is 0 Å². The second-order valence-electron chi connectivity index (χ2n) is 4.40. The Bertz CT molecular complexity index is 755. The number of anilines is 3. The molecule has 20 heavy (non-hydrogen) atoms. The molecule has 0 saturated carbocycles. The van der Waals surface area contributed by atoms with Crippen LogP contribution in [0.15, 0.2) is 42.9 Å². The average molecular weight is 266 g/mol. The van der Waals surface area contributed by atoms with Crippen molar-refractivity contribution in [3.05, 3.63) is 48.4 Å². The van der Waals surface area contributed by atoms with Gasteiger partial charge in [-0.1, -0.05) is 18.2 Å². The first-order chi connectivity index (χ1) is 9.74. The molecule has 5 N–H and O–H groups in total. The average Bonchev–Trinajstić information content (AvgIpc) is 2.46. The predicted octanol–water partition coefficient (Wildman–Crippen LogP) is 1.80. The summed E-state index contributed by atoms with van der Waals surface area (Å²) in [5.74, 6) is 1.15. The van der Waals surface area contributed by atoms with Gasteiger partial charge in [0.1, 0.15) is 18.0 Å². The molecular formula is C14H14N6. The molecule has 2 aromatic heterocycles. The third-order valence-corrected chi connectivity index (χ3v) is 3.04. The molecule has 0 aliphatic heterocycles. The summed E-state index contributed by atoms with van der Waals surface area (Å²) >= 11 is 0. The summed E-state index contributed by atoms with van der Waals surface area (Å²) in [5, 5.41) is 4.08. The van der Waals surface area contributed by atoms with E-state index in [4.69, 9.17) is 11.5 Å². The van der Waals surface area contributed by atoms with E-state index in [9.17, 15) is 0 Å². The normalized spacial score (nSPS) is 10.6. The summed E-state index contributed by atoms with van der Waals surface area (Å²) in [7, 11) is 0. The minimum Gasteiger partial charge on any atom is -0.398 e. The molecule has 0 atom stereocenters. The molecule has 6 heteroatoms. The molecule has 0 spiro atoms. The van der Waals surface area contributed by atoms with Gasteiger partial charge in [0.2, 0.25) is 0 Å². The molecule has 3 aromatic rings. The van der Waals surface area contributed by atoms with E-state index in [0.29, 0.717) is 18.2 Å². The van der Waals surface area contributed by atoms with Gasteiger partial charge in [0, 0.05) is 24.5 Å². The highest BCUT2D eigenvalue weighted by Gasteiger charge is 2.05. The van der Waals surface area contributed by atoms with E-state index in [2.05, 4.69) is 20.3 Å². The van der Waals surface area contributed by atoms with E-state index in [-0.39, 0.29) is 0 Å². The predicted molar refractivity (Wildman–Crippen MR) is 79.9 cm³/mol. The lowest BCUT2D eigenvalue weighted by molar-refractivity contribution is 1.10. The maximum absolute atomic E-state index is 5.92. The van der Waals surface area contributed by atoms with Crippen molar-refractivity contribution in [2.45, 2.75) is 6.54 Å². The highest BCUT2D eigenvalue weighted by Crippen LogP contribution is 2.20. The van der Waals surface area contributed by atoms with Gasteiger partial charge in [-0.05, 0) is 11.6 Å². The molecule has 0 amide bonds. The van der Waals surface area contributed by atoms with Crippen LogP contribution in [-0.4, -0.2) is 15.0 Å². The first-order valence-corrected chi connectivity index (χ1v) is 6.17. The van der Waals surface area contributed by atoms with E-state index < -0.39 is 0 Å². The summed E-state index contributed by atoms with van der Waals surface area (Å²) < 4.78 is 0. The van der Waals surface area contributed by atoms with Gasteiger partial charge in [-0.2, -0.15) is 0 Å². The number of nitrogens with one attached hydrogen (secondary N) is 1. The number of aromatic nitrogens is 3. The molecular weight excluding hydrogens is 252 g/mol. The van der Waals surface area contributed by atoms with Gasteiger partial charge in [-0.15, -0.1) is 0 Å². The molecule has 0 aliphatic rings. The molecule has 0 fully saturated rings. The third kappa shape index (κ3) is 2.31. The van der Waals surface area contributed by atoms with Crippen LogP contribution in [0.25, 0.3) is 10.9 Å². The number of nitrogens with two attached hydrogens (primary N) is 2. The largest absolute Gasteiger partial charge is 0.398 e. The van der Waals surface area contributed by atoms with Crippen LogP contribution in [0.2, 0.25) is 0 Å². The van der Waals surface area contributed by atoms with E-state index in [1.165, 1.54) is 6.33 Å². The van der Waals surface area contributed by atoms with Gasteiger partial charge in [-0.3, -0.25) is 0 Å². The lowest BCUT2D eigenvalue weighted by Gasteiger charge is -2.09. The smallest absolute Gasteiger partial charge is 0.139 e. The summed E-state index contributed by atoms with van der Waals surface area (Å²) in [4.78, 5) is 12.5. The first-order valence-electron chi connectivity index (χ1n) is 6.17. The van der Waals surface area contributed by atoms with Crippen LogP contribution in [0.4, 0.5) is 17.3 Å². The summed E-state index contributed by atoms with van der Waals surface area (Å²) in [6.07, 6.45) is 3.17. The Morgan fingerprint density at radius 3 is 2.75 bits per heavy atom. The number of hydrogen-bond acceptors (Lipinski definition) is 6. The molecule has 1 aromatic carbocycles. The maximum Gasteiger partial charge on any atom is 0.139 e. The number of rotatable bonds is 3. The Labute approximate surface area is 115 Å². The van der Waals surface area contributed by atoms with Crippen molar-refractivity contribution in [2.75, 3.05) is 16.8 Å². The number of hydrogen-bond donors (Lipinski definition) is 3. The second kappa shape index (κ2) is 5.00. The molecule has 0 bridgehead atoms. The number of nitrogen functional groups attached to an aromatic ring is 2. The Hall–Kier alpha value is -2.89. The van der Waals surface area contributed by atoms with Crippen molar-refractivity contribution >= 4 is 28.2 Å². The highest BCUT2D eigenvalue weighted by atomic mass is 15.0. The van der Waals surface area contributed by atoms with E-state index >= 15 is 0 Å². The molecule has 6 nitrogen and oxygen atoms in total. The van der Waals surface area contributed by atoms with Crippen molar-refractivity contribution in [1.29, 1.82) is 0 Å². The Kier molecular flexibility index (Phi) is 3.04. The Balaban J connectivity index is 1.90. The zero-order chi connectivity index (χ0) is 13.9. The van der Waals surface area contributed by atoms with E-state index in [1.807, 2.05) is 24.3 Å². The number of pyridine rings is 1. The van der Waals surface area contributed by atoms with Crippen LogP contribution in [0, 0.1) is 0 Å². The number of fused-ring (bicyclic) bond motifs is 1. The van der Waals surface area contributed by atoms with Gasteiger partial charge >= 0.3 is 0 Å². The van der Waals surface area contributed by atoms with Crippen LogP contribution in [0.5, 0.6) is 0 Å². The second-order valence-corrected chi connectivity index (χ2v) is 4.40. The quantitative estimate of drug-likeness (QED) is 0.625. The van der Waals surface area contributed by atoms with E-state index in [0.717, 1.165) is 22.2 Å². The van der Waals surface area contributed by atoms with Crippen LogP contribution < -0.4 is 16.8 Å². The monoisotopic (exact) mass is 266 g/mol. The van der Waals surface area contributed by atoms with Crippen LogP contribution in [-0.2, 0) is 6.54 Å². The molecule has 0 aliphatic carbocycles. The maximum atomic E-state index is 5.92. The van der Waals surface area contributed by atoms with Crippen molar-refractivity contribution < 1.29 is 0 Å². The fourth-order valence-corrected chi connectivity index (χ4v) is 1.98. The van der Waals surface area contributed by atoms with E-state index in [1.54, 1.807) is 12.3 Å². The van der Waals surface area contributed by atoms with Crippen molar-refractivity contribution in [3.63, 3.8) is 0 Å². The van der Waals surface area contributed by atoms with Crippen LogP contribution in [0.1, 0.15) is 5.56 Å². The van der Waals surface area contributed by atoms with Crippen LogP contribution in [0.3, 0.4) is 0 Å². The molecule has 0 unspecified atom stereocenters. The zero-order valence-electron chi connectivity index (χ0n) is 10.7. The van der Waals surface area contributed by atoms with Crippen LogP contribution >= 0.6 is 0 Å². The number of nitrogens with zero attached hydrogens (tertiary/aromatic N) is 3. The highest BCUT2D eigenvalue weighted by molar-refractivity contribution is 5.89. The third-order valence-electron chi connectivity index (χ3n) is 3.04. The lowest BCUT2D eigenvalue weighted by atomic mass is 10.2. The van der Waals surface area contributed by atoms with Gasteiger partial charge in [0.15, 0.2) is 0 Å². The van der Waals surface area contributed by atoms with Gasteiger partial charge in [-0.25, -0.2) is 15.0 Å². The summed E-state index contributed by atoms with van der Waals surface area (Å²) in [6.45, 7) is 0.586. The fourth-order valence-electron chi connectivity index (χ4n) is 1.98. The fraction of sp³-hybridized carbons (Fsp3) is 0.0714. The SMILES string of the molecule is Nc1cc2ncnc(NCc3ccccc3N)c2cn1. The molecule has 2 heterocycles. The number of para-hydroxylation sites is 1. The van der Waals surface area contributed by atoms with Gasteiger partial charge in [0.25, 0.3) is 0 Å². The molecule has 3 rings (SSSR count). The minimum atomic E-state index is 0.439. The molecule has 0 saturated heterocycles. The standard InChI is InChI=1S/C14H14N6/c15-11-4-2-1-3-9(11)6-18-14-10-7-17-13(16)5-12(10)19-8-20-14/h1-5,7-8H,6,15H2,(H2,16,17)(H,18,19,20). The zero-order valence-corrected chi connectivity index (χ0v) is 10.7. The molecule has 0 radical (unpaired) electrons. The Morgan fingerprint density at radius 1 is 1.05 bits per heavy atom. The topological polar surface area (TPSA) is 103 Å². The van der Waals surface area contributed by atoms with Gasteiger partial charge in [0.05, 0.1) is 10.9 Å². The molecule has 100 valence electrons. The summed E-state index contributed by atoms with van der Waals surface area (Å²) in [5.41, 5.74) is 14.1.